The molecule has 0 unspecified atom stereocenters. The second-order valence-corrected chi connectivity index (χ2v) is 9.90. The summed E-state index contributed by atoms with van der Waals surface area (Å²) in [5.41, 5.74) is -4.17. The summed E-state index contributed by atoms with van der Waals surface area (Å²) in [6.45, 7) is 4.18. The molecule has 0 fully saturated rings. The number of carbonyl (C=O) groups is 2. The van der Waals surface area contributed by atoms with E-state index in [1.165, 1.54) is 20.9 Å². The SMILES string of the molecule is Cc1ccccc1-c1sc(C=O)c(C#N)c1N(C)C(=O)C(C)(C)c1cc(C(F)(F)F)cc(C(F)(F)F)c1. The lowest BCUT2D eigenvalue weighted by Gasteiger charge is -2.31. The minimum atomic E-state index is -5.08. The van der Waals surface area contributed by atoms with Gasteiger partial charge in [-0.25, -0.2) is 0 Å². The van der Waals surface area contributed by atoms with Gasteiger partial charge in [0.05, 0.1) is 37.5 Å². The average Bonchev–Trinajstić information content (AvgIpc) is 3.20. The van der Waals surface area contributed by atoms with E-state index in [1.54, 1.807) is 31.2 Å². The number of nitriles is 1. The fraction of sp³-hybridized carbons (Fsp3) is 0.269. The zero-order valence-electron chi connectivity index (χ0n) is 20.0. The highest BCUT2D eigenvalue weighted by Gasteiger charge is 2.42. The number of alkyl halides is 6. The van der Waals surface area contributed by atoms with Crippen LogP contribution in [0.2, 0.25) is 0 Å². The molecule has 0 saturated heterocycles. The third-order valence-corrected chi connectivity index (χ3v) is 7.14. The normalized spacial score (nSPS) is 12.2. The van der Waals surface area contributed by atoms with Crippen LogP contribution in [-0.4, -0.2) is 19.2 Å². The minimum absolute atomic E-state index is 0.00687. The first-order chi connectivity index (χ1) is 17.0. The van der Waals surface area contributed by atoms with Crippen molar-refractivity contribution in [2.45, 2.75) is 38.5 Å². The van der Waals surface area contributed by atoms with Crippen LogP contribution in [-0.2, 0) is 22.6 Å². The second-order valence-electron chi connectivity index (χ2n) is 8.85. The standard InChI is InChI=1S/C26H20F6N2O2S/c1-14-7-5-6-8-18(14)22-21(19(12-33)20(13-35)37-22)34(4)23(36)24(2,3)15-9-16(25(27,28)29)11-17(10-15)26(30,31)32/h5-11,13H,1-4H3. The van der Waals surface area contributed by atoms with Gasteiger partial charge < -0.3 is 4.90 Å². The molecule has 2 aromatic carbocycles. The number of nitrogens with zero attached hydrogens (tertiary/aromatic N) is 2. The Morgan fingerprint density at radius 2 is 1.49 bits per heavy atom. The molecule has 0 radical (unpaired) electrons. The van der Waals surface area contributed by atoms with E-state index in [0.717, 1.165) is 21.8 Å². The van der Waals surface area contributed by atoms with Gasteiger partial charge in [-0.05, 0) is 55.7 Å². The fourth-order valence-corrected chi connectivity index (χ4v) is 5.11. The molecule has 0 spiro atoms. The Morgan fingerprint density at radius 3 is 1.95 bits per heavy atom. The number of benzene rings is 2. The predicted molar refractivity (Wildman–Crippen MR) is 127 cm³/mol. The Kier molecular flexibility index (Phi) is 7.30. The molecule has 3 aromatic rings. The van der Waals surface area contributed by atoms with E-state index in [9.17, 15) is 41.2 Å². The highest BCUT2D eigenvalue weighted by Crippen LogP contribution is 2.45. The van der Waals surface area contributed by atoms with Crippen molar-refractivity contribution in [2.75, 3.05) is 11.9 Å². The molecular weight excluding hydrogens is 518 g/mol. The van der Waals surface area contributed by atoms with Crippen molar-refractivity contribution in [2.24, 2.45) is 0 Å². The zero-order valence-corrected chi connectivity index (χ0v) is 20.8. The molecule has 0 aliphatic carbocycles. The van der Waals surface area contributed by atoms with Crippen molar-refractivity contribution in [1.29, 1.82) is 5.26 Å². The van der Waals surface area contributed by atoms with Crippen LogP contribution in [0.15, 0.2) is 42.5 Å². The summed E-state index contributed by atoms with van der Waals surface area (Å²) in [6.07, 6.45) is -9.71. The lowest BCUT2D eigenvalue weighted by atomic mass is 9.81. The van der Waals surface area contributed by atoms with Gasteiger partial charge in [0.25, 0.3) is 0 Å². The van der Waals surface area contributed by atoms with Crippen LogP contribution in [0, 0.1) is 18.3 Å². The van der Waals surface area contributed by atoms with Crippen LogP contribution in [0.5, 0.6) is 0 Å². The van der Waals surface area contributed by atoms with E-state index in [0.29, 0.717) is 28.9 Å². The van der Waals surface area contributed by atoms with E-state index in [1.807, 2.05) is 6.07 Å². The van der Waals surface area contributed by atoms with Crippen molar-refractivity contribution in [3.05, 3.63) is 75.2 Å². The third-order valence-electron chi connectivity index (χ3n) is 6.00. The second kappa shape index (κ2) is 9.67. The first-order valence-electron chi connectivity index (χ1n) is 10.7. The maximum atomic E-state index is 13.7. The topological polar surface area (TPSA) is 61.2 Å². The minimum Gasteiger partial charge on any atom is -0.312 e. The van der Waals surface area contributed by atoms with Crippen LogP contribution in [0.4, 0.5) is 32.0 Å². The lowest BCUT2D eigenvalue weighted by Crippen LogP contribution is -2.42. The number of amides is 1. The Hall–Kier alpha value is -3.65. The van der Waals surface area contributed by atoms with Gasteiger partial charge in [-0.2, -0.15) is 31.6 Å². The molecule has 1 aromatic heterocycles. The van der Waals surface area contributed by atoms with Crippen LogP contribution in [0.3, 0.4) is 0 Å². The third kappa shape index (κ3) is 5.25. The summed E-state index contributed by atoms with van der Waals surface area (Å²) >= 11 is 0.960. The molecule has 194 valence electrons. The Bertz CT molecular complexity index is 1380. The van der Waals surface area contributed by atoms with Crippen molar-refractivity contribution in [3.63, 3.8) is 0 Å². The first-order valence-corrected chi connectivity index (χ1v) is 11.5. The molecule has 0 saturated carbocycles. The fourth-order valence-electron chi connectivity index (χ4n) is 3.92. The van der Waals surface area contributed by atoms with E-state index in [-0.39, 0.29) is 22.2 Å². The van der Waals surface area contributed by atoms with Crippen molar-refractivity contribution < 1.29 is 35.9 Å². The summed E-state index contributed by atoms with van der Waals surface area (Å²) in [5.74, 6) is -0.874. The zero-order chi connectivity index (χ0) is 27.9. The predicted octanol–water partition coefficient (Wildman–Crippen LogP) is 7.39. The molecule has 0 bridgehead atoms. The quantitative estimate of drug-likeness (QED) is 0.252. The van der Waals surface area contributed by atoms with Crippen LogP contribution < -0.4 is 4.90 Å². The number of carbonyl (C=O) groups excluding carboxylic acids is 2. The van der Waals surface area contributed by atoms with Gasteiger partial charge in [-0.1, -0.05) is 24.3 Å². The number of anilines is 1. The van der Waals surface area contributed by atoms with E-state index < -0.39 is 40.4 Å². The maximum absolute atomic E-state index is 13.7. The summed E-state index contributed by atoms with van der Waals surface area (Å²) in [7, 11) is 1.27. The van der Waals surface area contributed by atoms with Crippen LogP contribution in [0.25, 0.3) is 10.4 Å². The number of hydrogen-bond donors (Lipinski definition) is 0. The van der Waals surface area contributed by atoms with E-state index in [4.69, 9.17) is 0 Å². The molecule has 11 heteroatoms. The highest BCUT2D eigenvalue weighted by atomic mass is 32.1. The molecule has 0 atom stereocenters. The van der Waals surface area contributed by atoms with Gasteiger partial charge >= 0.3 is 12.4 Å². The van der Waals surface area contributed by atoms with Crippen molar-refractivity contribution in [3.8, 4) is 16.5 Å². The number of aldehydes is 1. The molecule has 1 heterocycles. The maximum Gasteiger partial charge on any atom is 0.416 e. The number of thiophene rings is 1. The summed E-state index contributed by atoms with van der Waals surface area (Å²) in [5, 5.41) is 9.77. The first kappa shape index (κ1) is 27.9. The molecule has 4 nitrogen and oxygen atoms in total. The number of rotatable bonds is 5. The van der Waals surface area contributed by atoms with E-state index in [2.05, 4.69) is 0 Å². The lowest BCUT2D eigenvalue weighted by molar-refractivity contribution is -0.143. The number of likely N-dealkylation sites (N-methyl/N-ethyl adjacent to an activating group) is 1. The molecule has 0 aliphatic heterocycles. The largest absolute Gasteiger partial charge is 0.416 e. The van der Waals surface area contributed by atoms with Gasteiger partial charge in [0.15, 0.2) is 6.29 Å². The number of hydrogen-bond acceptors (Lipinski definition) is 4. The van der Waals surface area contributed by atoms with Crippen molar-refractivity contribution in [1.82, 2.24) is 0 Å². The van der Waals surface area contributed by atoms with Crippen molar-refractivity contribution >= 4 is 29.2 Å². The molecule has 37 heavy (non-hydrogen) atoms. The molecule has 3 rings (SSSR count). The van der Waals surface area contributed by atoms with E-state index >= 15 is 0 Å². The molecule has 0 aliphatic rings. The van der Waals surface area contributed by atoms with Gasteiger partial charge in [0.2, 0.25) is 5.91 Å². The monoisotopic (exact) mass is 538 g/mol. The Morgan fingerprint density at radius 1 is 0.973 bits per heavy atom. The van der Waals surface area contributed by atoms with Crippen LogP contribution in [0.1, 0.15) is 51.3 Å². The number of halogens is 6. The highest BCUT2D eigenvalue weighted by molar-refractivity contribution is 7.18. The number of aryl methyl sites for hydroxylation is 1. The summed E-state index contributed by atoms with van der Waals surface area (Å²) in [6, 6.07) is 9.89. The Balaban J connectivity index is 2.22. The van der Waals surface area contributed by atoms with Gasteiger partial charge in [-0.15, -0.1) is 11.3 Å². The van der Waals surface area contributed by atoms with Crippen LogP contribution >= 0.6 is 11.3 Å². The molecule has 0 N–H and O–H groups in total. The molecular formula is C26H20F6N2O2S. The van der Waals surface area contributed by atoms with Gasteiger partial charge in [-0.3, -0.25) is 9.59 Å². The summed E-state index contributed by atoms with van der Waals surface area (Å²) < 4.78 is 80.6. The average molecular weight is 539 g/mol. The van der Waals surface area contributed by atoms with Gasteiger partial charge in [0, 0.05) is 7.05 Å². The molecule has 1 amide bonds. The summed E-state index contributed by atoms with van der Waals surface area (Å²) in [4.78, 5) is 26.8. The Labute approximate surface area is 212 Å². The van der Waals surface area contributed by atoms with Gasteiger partial charge in [0.1, 0.15) is 6.07 Å². The smallest absolute Gasteiger partial charge is 0.312 e.